The number of rotatable bonds is 12. The molecule has 2 aromatic rings. The standard InChI is InChI=1S/C25H27BrF3NO5S/c1-13(2)17(23(33)25(27,28)29)12-19(32)22(15-5-7-16(35-4)8-6-15)30-24(34)14(3)11-18(31)20-9-10-21(26)36-20/h5-10,13-14,17,22H,11-12H2,1-4H3,(H,30,34)/t14-,17+,22+/m1/s1. The number of carbonyl (C=O) groups excluding carboxylic acids is 4. The maximum Gasteiger partial charge on any atom is 0.450 e. The topological polar surface area (TPSA) is 89.5 Å². The molecule has 1 amide bonds. The van der Waals surface area contributed by atoms with Crippen molar-refractivity contribution < 1.29 is 37.1 Å². The van der Waals surface area contributed by atoms with Gasteiger partial charge >= 0.3 is 6.18 Å². The summed E-state index contributed by atoms with van der Waals surface area (Å²) >= 11 is 4.51. The minimum atomic E-state index is -5.08. The number of thiophene rings is 1. The molecule has 1 aromatic carbocycles. The minimum absolute atomic E-state index is 0.122. The van der Waals surface area contributed by atoms with Gasteiger partial charge in [0, 0.05) is 24.7 Å². The summed E-state index contributed by atoms with van der Waals surface area (Å²) in [5.74, 6) is -6.28. The fourth-order valence-corrected chi connectivity index (χ4v) is 4.88. The second-order valence-electron chi connectivity index (χ2n) is 8.73. The molecule has 0 aliphatic rings. The average molecular weight is 590 g/mol. The lowest BCUT2D eigenvalue weighted by Crippen LogP contribution is -2.40. The molecule has 2 rings (SSSR count). The third kappa shape index (κ3) is 7.99. The first-order valence-corrected chi connectivity index (χ1v) is 12.7. The predicted octanol–water partition coefficient (Wildman–Crippen LogP) is 5.95. The number of ether oxygens (including phenoxy) is 1. The molecule has 6 nitrogen and oxygen atoms in total. The number of nitrogens with one attached hydrogen (secondary N) is 1. The van der Waals surface area contributed by atoms with Crippen LogP contribution in [-0.4, -0.2) is 36.5 Å². The monoisotopic (exact) mass is 589 g/mol. The Balaban J connectivity index is 2.26. The summed E-state index contributed by atoms with van der Waals surface area (Å²) in [4.78, 5) is 51.1. The van der Waals surface area contributed by atoms with Crippen LogP contribution < -0.4 is 10.1 Å². The van der Waals surface area contributed by atoms with Gasteiger partial charge in [-0.1, -0.05) is 32.9 Å². The van der Waals surface area contributed by atoms with E-state index in [1.54, 1.807) is 24.3 Å². The molecule has 0 aliphatic heterocycles. The Morgan fingerprint density at radius 2 is 1.61 bits per heavy atom. The number of halogens is 4. The molecule has 0 saturated carbocycles. The van der Waals surface area contributed by atoms with E-state index in [0.717, 1.165) is 3.79 Å². The van der Waals surface area contributed by atoms with E-state index in [-0.39, 0.29) is 12.2 Å². The van der Waals surface area contributed by atoms with Crippen molar-refractivity contribution >= 4 is 50.5 Å². The van der Waals surface area contributed by atoms with E-state index in [1.807, 2.05) is 0 Å². The average Bonchev–Trinajstić information content (AvgIpc) is 3.25. The maximum atomic E-state index is 13.2. The van der Waals surface area contributed by atoms with Crippen molar-refractivity contribution in [1.29, 1.82) is 0 Å². The number of benzene rings is 1. The molecule has 11 heteroatoms. The Hall–Kier alpha value is -2.53. The largest absolute Gasteiger partial charge is 0.497 e. The van der Waals surface area contributed by atoms with Gasteiger partial charge < -0.3 is 10.1 Å². The lowest BCUT2D eigenvalue weighted by atomic mass is 9.84. The van der Waals surface area contributed by atoms with Crippen molar-refractivity contribution in [3.63, 3.8) is 0 Å². The summed E-state index contributed by atoms with van der Waals surface area (Å²) in [5, 5.41) is 2.57. The second-order valence-corrected chi connectivity index (χ2v) is 11.2. The number of ketones is 3. The summed E-state index contributed by atoms with van der Waals surface area (Å²) in [6.45, 7) is 4.38. The molecule has 0 fully saturated rings. The van der Waals surface area contributed by atoms with E-state index in [9.17, 15) is 32.3 Å². The van der Waals surface area contributed by atoms with Crippen molar-refractivity contribution in [2.75, 3.05) is 7.11 Å². The zero-order valence-corrected chi connectivity index (χ0v) is 22.6. The van der Waals surface area contributed by atoms with Gasteiger partial charge in [0.2, 0.25) is 11.7 Å². The molecule has 3 atom stereocenters. The van der Waals surface area contributed by atoms with Crippen LogP contribution >= 0.6 is 27.3 Å². The highest BCUT2D eigenvalue weighted by atomic mass is 79.9. The van der Waals surface area contributed by atoms with Crippen LogP contribution in [0.3, 0.4) is 0 Å². The van der Waals surface area contributed by atoms with Crippen LogP contribution in [0, 0.1) is 17.8 Å². The first-order chi connectivity index (χ1) is 16.7. The van der Waals surface area contributed by atoms with Crippen molar-refractivity contribution in [1.82, 2.24) is 5.32 Å². The van der Waals surface area contributed by atoms with Crippen LogP contribution in [0.1, 0.15) is 54.9 Å². The van der Waals surface area contributed by atoms with Crippen LogP contribution in [0.15, 0.2) is 40.2 Å². The molecule has 1 N–H and O–H groups in total. The highest BCUT2D eigenvalue weighted by Crippen LogP contribution is 2.31. The zero-order valence-electron chi connectivity index (χ0n) is 20.1. The van der Waals surface area contributed by atoms with E-state index >= 15 is 0 Å². The van der Waals surface area contributed by atoms with E-state index in [1.165, 1.54) is 51.4 Å². The molecule has 1 aromatic heterocycles. The number of amides is 1. The van der Waals surface area contributed by atoms with Gasteiger partial charge in [0.25, 0.3) is 0 Å². The van der Waals surface area contributed by atoms with Crippen LogP contribution in [0.5, 0.6) is 5.75 Å². The van der Waals surface area contributed by atoms with Crippen LogP contribution in [0.25, 0.3) is 0 Å². The lowest BCUT2D eigenvalue weighted by molar-refractivity contribution is -0.177. The first-order valence-electron chi connectivity index (χ1n) is 11.1. The van der Waals surface area contributed by atoms with Gasteiger partial charge in [-0.3, -0.25) is 19.2 Å². The van der Waals surface area contributed by atoms with Gasteiger partial charge in [0.15, 0.2) is 11.6 Å². The van der Waals surface area contributed by atoms with Gasteiger partial charge in [-0.25, -0.2) is 0 Å². The molecule has 36 heavy (non-hydrogen) atoms. The number of carbonyl (C=O) groups is 4. The smallest absolute Gasteiger partial charge is 0.450 e. The quantitative estimate of drug-likeness (QED) is 0.309. The SMILES string of the molecule is COc1ccc([C@H](NC(=O)[C@H](C)CC(=O)c2ccc(Br)s2)C(=O)C[C@H](C(=O)C(F)(F)F)C(C)C)cc1. The molecule has 0 unspecified atom stereocenters. The summed E-state index contributed by atoms with van der Waals surface area (Å²) in [6.07, 6.45) is -5.91. The van der Waals surface area contributed by atoms with Gasteiger partial charge in [0.1, 0.15) is 11.8 Å². The molecule has 0 spiro atoms. The number of alkyl halides is 3. The third-order valence-corrected chi connectivity index (χ3v) is 7.35. The highest BCUT2D eigenvalue weighted by molar-refractivity contribution is 9.11. The van der Waals surface area contributed by atoms with Gasteiger partial charge in [-0.05, 0) is 51.7 Å². The highest BCUT2D eigenvalue weighted by Gasteiger charge is 2.45. The normalized spacial score (nSPS) is 14.1. The van der Waals surface area contributed by atoms with E-state index in [0.29, 0.717) is 16.2 Å². The zero-order chi connectivity index (χ0) is 27.2. The third-order valence-electron chi connectivity index (χ3n) is 5.69. The van der Waals surface area contributed by atoms with Crippen molar-refractivity contribution in [3.05, 3.63) is 50.6 Å². The molecule has 0 aliphatic carbocycles. The summed E-state index contributed by atoms with van der Waals surface area (Å²) in [7, 11) is 1.44. The number of hydrogen-bond donors (Lipinski definition) is 1. The van der Waals surface area contributed by atoms with Crippen molar-refractivity contribution in [2.24, 2.45) is 17.8 Å². The Labute approximate surface area is 219 Å². The van der Waals surface area contributed by atoms with Gasteiger partial charge in [-0.15, -0.1) is 11.3 Å². The Morgan fingerprint density at radius 1 is 1.00 bits per heavy atom. The predicted molar refractivity (Wildman–Crippen MR) is 133 cm³/mol. The van der Waals surface area contributed by atoms with Crippen LogP contribution in [-0.2, 0) is 14.4 Å². The molecular weight excluding hydrogens is 563 g/mol. The number of hydrogen-bond acceptors (Lipinski definition) is 6. The fourth-order valence-electron chi connectivity index (χ4n) is 3.54. The lowest BCUT2D eigenvalue weighted by Gasteiger charge is -2.25. The van der Waals surface area contributed by atoms with Crippen molar-refractivity contribution in [2.45, 2.75) is 45.8 Å². The minimum Gasteiger partial charge on any atom is -0.497 e. The summed E-state index contributed by atoms with van der Waals surface area (Å²) in [5.41, 5.74) is 0.317. The van der Waals surface area contributed by atoms with E-state index < -0.39 is 53.9 Å². The molecular formula is C25H27BrF3NO5S. The Kier molecular flexibility index (Phi) is 10.4. The van der Waals surface area contributed by atoms with Crippen molar-refractivity contribution in [3.8, 4) is 5.75 Å². The fraction of sp³-hybridized carbons (Fsp3) is 0.440. The Bertz CT molecular complexity index is 1100. The second kappa shape index (κ2) is 12.6. The maximum absolute atomic E-state index is 13.2. The number of Topliss-reactive ketones (excluding diaryl/α,β-unsaturated/α-hetero) is 3. The molecule has 0 saturated heterocycles. The van der Waals surface area contributed by atoms with Crippen LogP contribution in [0.2, 0.25) is 0 Å². The van der Waals surface area contributed by atoms with Crippen LogP contribution in [0.4, 0.5) is 13.2 Å². The number of methoxy groups -OCH3 is 1. The summed E-state index contributed by atoms with van der Waals surface area (Å²) in [6, 6.07) is 8.16. The molecule has 1 heterocycles. The Morgan fingerprint density at radius 3 is 2.08 bits per heavy atom. The summed E-state index contributed by atoms with van der Waals surface area (Å²) < 4.78 is 45.2. The molecule has 0 bridgehead atoms. The molecule has 0 radical (unpaired) electrons. The van der Waals surface area contributed by atoms with E-state index in [4.69, 9.17) is 4.74 Å². The first kappa shape index (κ1) is 29.7. The van der Waals surface area contributed by atoms with E-state index in [2.05, 4.69) is 21.2 Å². The molecule has 196 valence electrons. The van der Waals surface area contributed by atoms with Gasteiger partial charge in [-0.2, -0.15) is 13.2 Å². The van der Waals surface area contributed by atoms with Gasteiger partial charge in [0.05, 0.1) is 15.8 Å².